The largest absolute Gasteiger partial charge is 0.355 e. The first-order valence-electron chi connectivity index (χ1n) is 9.59. The lowest BCUT2D eigenvalue weighted by Gasteiger charge is -2.21. The Morgan fingerprint density at radius 2 is 1.75 bits per heavy atom. The fourth-order valence-electron chi connectivity index (χ4n) is 3.16. The molecular weight excluding hydrogens is 412 g/mol. The summed E-state index contributed by atoms with van der Waals surface area (Å²) >= 11 is 0. The molecule has 0 unspecified atom stereocenters. The molecule has 3 rings (SSSR count). The number of rotatable bonds is 9. The molecule has 0 aliphatic rings. The van der Waals surface area contributed by atoms with E-state index < -0.39 is 16.5 Å². The molecule has 0 spiro atoms. The third-order valence-corrected chi connectivity index (χ3v) is 4.60. The lowest BCUT2D eigenvalue weighted by atomic mass is 10.0. The first kappa shape index (κ1) is 21.9. The van der Waals surface area contributed by atoms with Crippen LogP contribution in [0.3, 0.4) is 0 Å². The zero-order valence-electron chi connectivity index (χ0n) is 16.9. The van der Waals surface area contributed by atoms with Crippen molar-refractivity contribution >= 4 is 34.0 Å². The summed E-state index contributed by atoms with van der Waals surface area (Å²) in [5.74, 6) is -0.757. The van der Waals surface area contributed by atoms with Gasteiger partial charge in [0.15, 0.2) is 0 Å². The van der Waals surface area contributed by atoms with Crippen molar-refractivity contribution in [2.45, 2.75) is 12.8 Å². The number of hydrogen-bond acceptors (Lipinski definition) is 9. The van der Waals surface area contributed by atoms with Gasteiger partial charge in [-0.1, -0.05) is 36.4 Å². The van der Waals surface area contributed by atoms with Crippen molar-refractivity contribution in [2.75, 3.05) is 23.4 Å². The van der Waals surface area contributed by atoms with E-state index in [2.05, 4.69) is 20.8 Å². The number of hydrogen-bond donors (Lipinski definition) is 2. The molecule has 32 heavy (non-hydrogen) atoms. The quantitative estimate of drug-likeness (QED) is 0.384. The van der Waals surface area contributed by atoms with E-state index in [9.17, 15) is 14.9 Å². The van der Waals surface area contributed by atoms with E-state index in [1.54, 1.807) is 18.2 Å². The first-order valence-corrected chi connectivity index (χ1v) is 9.59. The summed E-state index contributed by atoms with van der Waals surface area (Å²) in [5.41, 5.74) is 4.88. The Morgan fingerprint density at radius 3 is 2.44 bits per heavy atom. The van der Waals surface area contributed by atoms with Crippen LogP contribution in [0.2, 0.25) is 0 Å². The number of anilines is 2. The Hall–Kier alpha value is -4.77. The predicted molar refractivity (Wildman–Crippen MR) is 116 cm³/mol. The smallest absolute Gasteiger partial charge is 0.349 e. The summed E-state index contributed by atoms with van der Waals surface area (Å²) < 4.78 is 0. The molecule has 2 N–H and O–H groups in total. The summed E-state index contributed by atoms with van der Waals surface area (Å²) in [6, 6.07) is 16.5. The van der Waals surface area contributed by atoms with Crippen LogP contribution in [0.25, 0.3) is 10.8 Å². The molecule has 160 valence electrons. The van der Waals surface area contributed by atoms with Crippen LogP contribution in [0.15, 0.2) is 48.8 Å². The minimum Gasteiger partial charge on any atom is -0.349 e. The minimum atomic E-state index is -0.673. The molecule has 0 aliphatic heterocycles. The van der Waals surface area contributed by atoms with E-state index in [0.717, 1.165) is 17.1 Å². The second-order valence-corrected chi connectivity index (χ2v) is 6.56. The Morgan fingerprint density at radius 1 is 1.06 bits per heavy atom. The zero-order chi connectivity index (χ0) is 22.9. The van der Waals surface area contributed by atoms with Crippen LogP contribution in [0, 0.1) is 32.8 Å². The van der Waals surface area contributed by atoms with Crippen LogP contribution in [0.5, 0.6) is 0 Å². The van der Waals surface area contributed by atoms with Crippen molar-refractivity contribution in [2.24, 2.45) is 0 Å². The molecule has 11 nitrogen and oxygen atoms in total. The first-order chi connectivity index (χ1) is 15.6. The number of amides is 1. The molecule has 1 aromatic heterocycles. The van der Waals surface area contributed by atoms with Gasteiger partial charge in [0.05, 0.1) is 29.9 Å². The van der Waals surface area contributed by atoms with Crippen molar-refractivity contribution in [3.63, 3.8) is 0 Å². The average Bonchev–Trinajstić information content (AvgIpc) is 2.82. The monoisotopic (exact) mass is 430 g/mol. The maximum Gasteiger partial charge on any atom is 0.355 e. The number of aromatic nitrogens is 2. The Kier molecular flexibility index (Phi) is 7.07. The van der Waals surface area contributed by atoms with Crippen molar-refractivity contribution in [3.05, 3.63) is 64.5 Å². The molecule has 0 saturated heterocycles. The van der Waals surface area contributed by atoms with Crippen molar-refractivity contribution in [1.82, 2.24) is 15.4 Å². The summed E-state index contributed by atoms with van der Waals surface area (Å²) in [5, 5.41) is 31.2. The van der Waals surface area contributed by atoms with E-state index in [4.69, 9.17) is 10.5 Å². The van der Waals surface area contributed by atoms with Crippen LogP contribution >= 0.6 is 0 Å². The molecule has 1 heterocycles. The van der Waals surface area contributed by atoms with E-state index in [0.29, 0.717) is 5.56 Å². The lowest BCUT2D eigenvalue weighted by molar-refractivity contribution is -0.383. The van der Waals surface area contributed by atoms with Gasteiger partial charge in [-0.25, -0.2) is 9.97 Å². The number of carbonyl (C=O) groups is 1. The van der Waals surface area contributed by atoms with Gasteiger partial charge in [0, 0.05) is 18.7 Å². The highest BCUT2D eigenvalue weighted by atomic mass is 16.6. The summed E-state index contributed by atoms with van der Waals surface area (Å²) in [6.07, 6.45) is 1.29. The van der Waals surface area contributed by atoms with Crippen LogP contribution in [0.1, 0.15) is 23.2 Å². The van der Waals surface area contributed by atoms with Crippen molar-refractivity contribution < 1.29 is 9.72 Å². The predicted octanol–water partition coefficient (Wildman–Crippen LogP) is 2.93. The number of benzene rings is 2. The van der Waals surface area contributed by atoms with Gasteiger partial charge in [0.1, 0.15) is 6.33 Å². The molecule has 11 heteroatoms. The van der Waals surface area contributed by atoms with Crippen LogP contribution in [-0.4, -0.2) is 33.9 Å². The zero-order valence-corrected chi connectivity index (χ0v) is 16.9. The molecule has 3 aromatic rings. The number of nitro groups is 1. The summed E-state index contributed by atoms with van der Waals surface area (Å²) in [4.78, 5) is 33.2. The second kappa shape index (κ2) is 10.3. The molecule has 0 fully saturated rings. The van der Waals surface area contributed by atoms with E-state index in [-0.39, 0.29) is 37.6 Å². The molecule has 2 aromatic carbocycles. The van der Waals surface area contributed by atoms with Gasteiger partial charge in [-0.15, -0.1) is 0 Å². The highest BCUT2D eigenvalue weighted by Crippen LogP contribution is 2.31. The average molecular weight is 430 g/mol. The molecule has 1 amide bonds. The Labute approximate surface area is 183 Å². The Bertz CT molecular complexity index is 1210. The highest BCUT2D eigenvalue weighted by molar-refractivity contribution is 6.07. The fraction of sp³-hybridized carbons (Fsp3) is 0.190. The van der Waals surface area contributed by atoms with Gasteiger partial charge in [-0.05, 0) is 16.8 Å². The van der Waals surface area contributed by atoms with E-state index in [1.165, 1.54) is 4.90 Å². The van der Waals surface area contributed by atoms with E-state index >= 15 is 0 Å². The van der Waals surface area contributed by atoms with Crippen molar-refractivity contribution in [3.8, 4) is 12.1 Å². The lowest BCUT2D eigenvalue weighted by Crippen LogP contribution is -2.31. The number of nitrogens with zero attached hydrogens (tertiary/aromatic N) is 6. The van der Waals surface area contributed by atoms with Crippen LogP contribution in [0.4, 0.5) is 17.3 Å². The van der Waals surface area contributed by atoms with Gasteiger partial charge in [0.25, 0.3) is 5.91 Å². The molecule has 0 bridgehead atoms. The summed E-state index contributed by atoms with van der Waals surface area (Å²) in [7, 11) is 0. The number of nitriles is 2. The third-order valence-electron chi connectivity index (χ3n) is 4.60. The fourth-order valence-corrected chi connectivity index (χ4v) is 3.16. The number of nitrogens with one attached hydrogen (secondary N) is 2. The summed E-state index contributed by atoms with van der Waals surface area (Å²) in [6.45, 7) is 0.301. The van der Waals surface area contributed by atoms with Gasteiger partial charge in [0.2, 0.25) is 11.6 Å². The van der Waals surface area contributed by atoms with Gasteiger partial charge < -0.3 is 4.90 Å². The number of fused-ring (bicyclic) bond motifs is 1. The maximum absolute atomic E-state index is 12.7. The molecule has 0 atom stereocenters. The molecule has 0 aliphatic carbocycles. The molecule has 0 radical (unpaired) electrons. The standard InChI is InChI=1S/C21H18N8O3/c22-10-4-12-28(13-5-11-23)20-18(29(31)32)19(24-14-25-20)26-27-21(30)17-9-3-7-15-6-1-2-8-16(15)17/h1-3,6-9,14H,4-5,12-13H2,(H,27,30)(H,24,25,26). The van der Waals surface area contributed by atoms with Gasteiger partial charge in [-0.2, -0.15) is 10.5 Å². The topological polar surface area (TPSA) is 161 Å². The SMILES string of the molecule is N#CCCN(CCC#N)c1ncnc(NNC(=O)c2cccc3ccccc23)c1[N+](=O)[O-]. The Balaban J connectivity index is 1.88. The van der Waals surface area contributed by atoms with Crippen LogP contribution in [-0.2, 0) is 0 Å². The highest BCUT2D eigenvalue weighted by Gasteiger charge is 2.27. The molecule has 0 saturated carbocycles. The number of carbonyl (C=O) groups excluding carboxylic acids is 1. The van der Waals surface area contributed by atoms with Gasteiger partial charge >= 0.3 is 5.69 Å². The number of hydrazine groups is 1. The normalized spacial score (nSPS) is 10.1. The van der Waals surface area contributed by atoms with Crippen LogP contribution < -0.4 is 15.8 Å². The minimum absolute atomic E-state index is 0.0441. The molecular formula is C21H18N8O3. The maximum atomic E-state index is 12.7. The van der Waals surface area contributed by atoms with E-state index in [1.807, 2.05) is 36.4 Å². The van der Waals surface area contributed by atoms with Crippen molar-refractivity contribution in [1.29, 1.82) is 10.5 Å². The van der Waals surface area contributed by atoms with Gasteiger partial charge in [-0.3, -0.25) is 25.8 Å². The second-order valence-electron chi connectivity index (χ2n) is 6.56. The third kappa shape index (κ3) is 4.86.